The van der Waals surface area contributed by atoms with E-state index in [0.29, 0.717) is 13.0 Å². The van der Waals surface area contributed by atoms with Gasteiger partial charge in [0.15, 0.2) is 0 Å². The summed E-state index contributed by atoms with van der Waals surface area (Å²) >= 11 is 0. The number of ether oxygens (including phenoxy) is 1. The van der Waals surface area contributed by atoms with Crippen LogP contribution in [0.4, 0.5) is 13.2 Å². The van der Waals surface area contributed by atoms with Crippen LogP contribution in [-0.4, -0.2) is 43.6 Å². The summed E-state index contributed by atoms with van der Waals surface area (Å²) < 4.78 is 39.0. The first-order chi connectivity index (χ1) is 6.95. The molecular formula is C8H14F3NO3. The summed E-state index contributed by atoms with van der Waals surface area (Å²) in [6.07, 6.45) is -4.04. The van der Waals surface area contributed by atoms with Gasteiger partial charge in [-0.05, 0) is 6.42 Å². The Morgan fingerprint density at radius 3 is 2.60 bits per heavy atom. The quantitative estimate of drug-likeness (QED) is 0.623. The van der Waals surface area contributed by atoms with Gasteiger partial charge in [-0.2, -0.15) is 13.2 Å². The highest BCUT2D eigenvalue weighted by molar-refractivity contribution is 5.75. The Morgan fingerprint density at radius 1 is 1.40 bits per heavy atom. The summed E-state index contributed by atoms with van der Waals surface area (Å²) in [4.78, 5) is 10.9. The number of aliphatic hydroxyl groups is 1. The second-order valence-corrected chi connectivity index (χ2v) is 2.84. The molecule has 0 heterocycles. The molecule has 0 aromatic rings. The SMILES string of the molecule is O=C(CCOCC(F)(F)F)NCCCO. The van der Waals surface area contributed by atoms with Gasteiger partial charge in [0.2, 0.25) is 5.91 Å². The van der Waals surface area contributed by atoms with Gasteiger partial charge in [0, 0.05) is 19.6 Å². The van der Waals surface area contributed by atoms with E-state index in [-0.39, 0.29) is 25.5 Å². The number of halogens is 3. The molecule has 0 aromatic carbocycles. The molecule has 0 aliphatic rings. The number of carbonyl (C=O) groups excluding carboxylic acids is 1. The smallest absolute Gasteiger partial charge is 0.396 e. The van der Waals surface area contributed by atoms with Crippen molar-refractivity contribution >= 4 is 5.91 Å². The summed E-state index contributed by atoms with van der Waals surface area (Å²) in [6.45, 7) is -1.32. The van der Waals surface area contributed by atoms with Gasteiger partial charge < -0.3 is 15.2 Å². The number of carbonyl (C=O) groups is 1. The molecule has 0 saturated heterocycles. The molecule has 0 aromatic heterocycles. The van der Waals surface area contributed by atoms with Crippen molar-refractivity contribution in [2.45, 2.75) is 19.0 Å². The maximum absolute atomic E-state index is 11.6. The second-order valence-electron chi connectivity index (χ2n) is 2.84. The van der Waals surface area contributed by atoms with E-state index in [1.54, 1.807) is 0 Å². The van der Waals surface area contributed by atoms with Crippen molar-refractivity contribution in [1.29, 1.82) is 0 Å². The van der Waals surface area contributed by atoms with E-state index >= 15 is 0 Å². The molecule has 90 valence electrons. The maximum Gasteiger partial charge on any atom is 0.411 e. The van der Waals surface area contributed by atoms with E-state index in [4.69, 9.17) is 5.11 Å². The van der Waals surface area contributed by atoms with E-state index in [0.717, 1.165) is 0 Å². The summed E-state index contributed by atoms with van der Waals surface area (Å²) in [7, 11) is 0. The van der Waals surface area contributed by atoms with E-state index in [1.165, 1.54) is 0 Å². The van der Waals surface area contributed by atoms with Crippen molar-refractivity contribution in [3.63, 3.8) is 0 Å². The van der Waals surface area contributed by atoms with E-state index < -0.39 is 12.8 Å². The van der Waals surface area contributed by atoms with Crippen LogP contribution in [-0.2, 0) is 9.53 Å². The molecule has 0 atom stereocenters. The number of amides is 1. The standard InChI is InChI=1S/C8H14F3NO3/c9-8(10,11)6-15-5-2-7(14)12-3-1-4-13/h13H,1-6H2,(H,12,14). The monoisotopic (exact) mass is 229 g/mol. The molecule has 0 aliphatic heterocycles. The zero-order valence-electron chi connectivity index (χ0n) is 8.14. The van der Waals surface area contributed by atoms with E-state index in [1.807, 2.05) is 0 Å². The lowest BCUT2D eigenvalue weighted by Crippen LogP contribution is -2.27. The molecule has 0 aliphatic carbocycles. The van der Waals surface area contributed by atoms with Gasteiger partial charge in [-0.15, -0.1) is 0 Å². The van der Waals surface area contributed by atoms with Gasteiger partial charge in [-0.25, -0.2) is 0 Å². The first kappa shape index (κ1) is 14.2. The van der Waals surface area contributed by atoms with Gasteiger partial charge in [0.05, 0.1) is 6.61 Å². The van der Waals surface area contributed by atoms with Gasteiger partial charge in [0.1, 0.15) is 6.61 Å². The van der Waals surface area contributed by atoms with Gasteiger partial charge in [-0.1, -0.05) is 0 Å². The number of aliphatic hydroxyl groups excluding tert-OH is 1. The lowest BCUT2D eigenvalue weighted by molar-refractivity contribution is -0.174. The molecule has 0 unspecified atom stereocenters. The van der Waals surface area contributed by atoms with Crippen molar-refractivity contribution in [3.05, 3.63) is 0 Å². The topological polar surface area (TPSA) is 58.6 Å². The summed E-state index contributed by atoms with van der Waals surface area (Å²) in [5, 5.41) is 10.8. The average molecular weight is 229 g/mol. The van der Waals surface area contributed by atoms with Crippen molar-refractivity contribution < 1.29 is 27.8 Å². The number of alkyl halides is 3. The van der Waals surface area contributed by atoms with Gasteiger partial charge in [-0.3, -0.25) is 4.79 Å². The Kier molecular flexibility index (Phi) is 7.06. The van der Waals surface area contributed by atoms with Crippen molar-refractivity contribution in [2.24, 2.45) is 0 Å². The highest BCUT2D eigenvalue weighted by Gasteiger charge is 2.27. The lowest BCUT2D eigenvalue weighted by atomic mass is 10.4. The average Bonchev–Trinajstić information content (AvgIpc) is 2.11. The number of nitrogens with one attached hydrogen (secondary N) is 1. The van der Waals surface area contributed by atoms with E-state index in [2.05, 4.69) is 10.1 Å². The van der Waals surface area contributed by atoms with Crippen LogP contribution in [0, 0.1) is 0 Å². The predicted molar refractivity (Wildman–Crippen MR) is 46.2 cm³/mol. The largest absolute Gasteiger partial charge is 0.411 e. The Hall–Kier alpha value is -0.820. The van der Waals surface area contributed by atoms with Crippen LogP contribution in [0.15, 0.2) is 0 Å². The number of hydrogen-bond acceptors (Lipinski definition) is 3. The molecule has 2 N–H and O–H groups in total. The number of rotatable bonds is 7. The fourth-order valence-electron chi connectivity index (χ4n) is 0.748. The molecule has 0 bridgehead atoms. The summed E-state index contributed by atoms with van der Waals surface area (Å²) in [5.41, 5.74) is 0. The molecule has 1 amide bonds. The zero-order chi connectivity index (χ0) is 11.7. The van der Waals surface area contributed by atoms with Crippen LogP contribution in [0.5, 0.6) is 0 Å². The Labute approximate surface area is 85.4 Å². The highest BCUT2D eigenvalue weighted by atomic mass is 19.4. The predicted octanol–water partition coefficient (Wildman–Crippen LogP) is 0.454. The normalized spacial score (nSPS) is 11.5. The minimum atomic E-state index is -4.35. The Balaban J connectivity index is 3.32. The van der Waals surface area contributed by atoms with Crippen LogP contribution >= 0.6 is 0 Å². The second kappa shape index (κ2) is 7.47. The molecule has 0 radical (unpaired) electrons. The molecule has 15 heavy (non-hydrogen) atoms. The Morgan fingerprint density at radius 2 is 2.07 bits per heavy atom. The van der Waals surface area contributed by atoms with Crippen LogP contribution < -0.4 is 5.32 Å². The molecule has 0 saturated carbocycles. The molecule has 0 fully saturated rings. The van der Waals surface area contributed by atoms with Crippen LogP contribution in [0.3, 0.4) is 0 Å². The molecular weight excluding hydrogens is 215 g/mol. The third-order valence-corrected chi connectivity index (χ3v) is 1.40. The van der Waals surface area contributed by atoms with Crippen LogP contribution in [0.1, 0.15) is 12.8 Å². The first-order valence-electron chi connectivity index (χ1n) is 4.48. The van der Waals surface area contributed by atoms with Gasteiger partial charge in [0.25, 0.3) is 0 Å². The third kappa shape index (κ3) is 11.1. The fourth-order valence-corrected chi connectivity index (χ4v) is 0.748. The summed E-state index contributed by atoms with van der Waals surface area (Å²) in [5.74, 6) is -0.384. The van der Waals surface area contributed by atoms with Crippen molar-refractivity contribution in [1.82, 2.24) is 5.32 Å². The molecule has 0 rings (SSSR count). The molecule has 4 nitrogen and oxygen atoms in total. The lowest BCUT2D eigenvalue weighted by Gasteiger charge is -2.07. The van der Waals surface area contributed by atoms with Crippen molar-refractivity contribution in [3.8, 4) is 0 Å². The minimum Gasteiger partial charge on any atom is -0.396 e. The highest BCUT2D eigenvalue weighted by Crippen LogP contribution is 2.14. The van der Waals surface area contributed by atoms with E-state index in [9.17, 15) is 18.0 Å². The summed E-state index contributed by atoms with van der Waals surface area (Å²) in [6, 6.07) is 0. The molecule has 7 heteroatoms. The minimum absolute atomic E-state index is 0.0369. The Bertz CT molecular complexity index is 184. The van der Waals surface area contributed by atoms with Crippen molar-refractivity contribution in [2.75, 3.05) is 26.4 Å². The van der Waals surface area contributed by atoms with Gasteiger partial charge >= 0.3 is 6.18 Å². The van der Waals surface area contributed by atoms with Crippen LogP contribution in [0.2, 0.25) is 0 Å². The first-order valence-corrected chi connectivity index (χ1v) is 4.48. The molecule has 0 spiro atoms. The zero-order valence-corrected chi connectivity index (χ0v) is 8.14. The van der Waals surface area contributed by atoms with Crippen LogP contribution in [0.25, 0.3) is 0 Å². The maximum atomic E-state index is 11.6. The third-order valence-electron chi connectivity index (χ3n) is 1.40. The fraction of sp³-hybridized carbons (Fsp3) is 0.875. The number of hydrogen-bond donors (Lipinski definition) is 2.